The van der Waals surface area contributed by atoms with E-state index in [2.05, 4.69) is 22.8 Å². The minimum absolute atomic E-state index is 0.119. The molecule has 0 aromatic heterocycles. The van der Waals surface area contributed by atoms with Crippen LogP contribution in [-0.4, -0.2) is 37.6 Å². The van der Waals surface area contributed by atoms with Gasteiger partial charge in [0.1, 0.15) is 19.3 Å². The topological polar surface area (TPSA) is 76.7 Å². The maximum absolute atomic E-state index is 12.8. The van der Waals surface area contributed by atoms with Crippen LogP contribution in [0.4, 0.5) is 0 Å². The van der Waals surface area contributed by atoms with Gasteiger partial charge in [-0.25, -0.2) is 0 Å². The molecule has 2 N–H and O–H groups in total. The number of benzene rings is 2. The van der Waals surface area contributed by atoms with Crippen molar-refractivity contribution < 1.29 is 19.1 Å². The predicted octanol–water partition coefficient (Wildman–Crippen LogP) is 3.51. The van der Waals surface area contributed by atoms with Crippen molar-refractivity contribution in [3.63, 3.8) is 0 Å². The summed E-state index contributed by atoms with van der Waals surface area (Å²) in [5.74, 6) is 1.14. The average Bonchev–Trinajstić information content (AvgIpc) is 3.27. The average molecular weight is 423 g/mol. The summed E-state index contributed by atoms with van der Waals surface area (Å²) in [6.45, 7) is 5.31. The number of carbonyl (C=O) groups is 2. The van der Waals surface area contributed by atoms with Gasteiger partial charge in [0.25, 0.3) is 5.91 Å². The summed E-state index contributed by atoms with van der Waals surface area (Å²) >= 11 is 0. The molecule has 1 aliphatic carbocycles. The lowest BCUT2D eigenvalue weighted by Gasteiger charge is -2.32. The molecule has 0 radical (unpaired) electrons. The number of nitrogens with one attached hydrogen (secondary N) is 2. The summed E-state index contributed by atoms with van der Waals surface area (Å²) < 4.78 is 11.4. The van der Waals surface area contributed by atoms with Crippen LogP contribution in [0.1, 0.15) is 54.1 Å². The van der Waals surface area contributed by atoms with Crippen molar-refractivity contribution in [3.8, 4) is 11.5 Å². The van der Waals surface area contributed by atoms with Crippen LogP contribution >= 0.6 is 0 Å². The molecule has 6 nitrogen and oxygen atoms in total. The molecule has 1 fully saturated rings. The van der Waals surface area contributed by atoms with E-state index < -0.39 is 6.04 Å². The molecule has 6 heteroatoms. The maximum Gasteiger partial charge on any atom is 0.251 e. The van der Waals surface area contributed by atoms with Gasteiger partial charge in [0, 0.05) is 17.5 Å². The van der Waals surface area contributed by atoms with E-state index >= 15 is 0 Å². The van der Waals surface area contributed by atoms with E-state index in [9.17, 15) is 9.59 Å². The Morgan fingerprint density at radius 1 is 1.03 bits per heavy atom. The number of aryl methyl sites for hydroxylation is 1. The third kappa shape index (κ3) is 4.68. The van der Waals surface area contributed by atoms with Crippen LogP contribution in [0.5, 0.6) is 11.5 Å². The summed E-state index contributed by atoms with van der Waals surface area (Å²) in [7, 11) is 0. The highest BCUT2D eigenvalue weighted by Gasteiger charge is 2.37. The molecule has 1 unspecified atom stereocenters. The quantitative estimate of drug-likeness (QED) is 0.747. The highest BCUT2D eigenvalue weighted by Crippen LogP contribution is 2.43. The maximum atomic E-state index is 12.8. The van der Waals surface area contributed by atoms with Crippen LogP contribution in [0.25, 0.3) is 0 Å². The smallest absolute Gasteiger partial charge is 0.251 e. The second-order valence-corrected chi connectivity index (χ2v) is 8.63. The molecular formula is C25H30N2O4. The molecule has 1 saturated carbocycles. The first-order valence-electron chi connectivity index (χ1n) is 11.0. The van der Waals surface area contributed by atoms with Gasteiger partial charge in [-0.15, -0.1) is 0 Å². The van der Waals surface area contributed by atoms with E-state index in [1.54, 1.807) is 13.0 Å². The van der Waals surface area contributed by atoms with Gasteiger partial charge in [-0.2, -0.15) is 0 Å². The van der Waals surface area contributed by atoms with E-state index in [1.807, 2.05) is 31.2 Å². The summed E-state index contributed by atoms with van der Waals surface area (Å²) in [4.78, 5) is 25.2. The van der Waals surface area contributed by atoms with Crippen molar-refractivity contribution in [2.75, 3.05) is 19.8 Å². The third-order valence-corrected chi connectivity index (χ3v) is 6.34. The third-order valence-electron chi connectivity index (χ3n) is 6.34. The van der Waals surface area contributed by atoms with E-state index in [1.165, 1.54) is 5.56 Å². The first-order valence-corrected chi connectivity index (χ1v) is 11.0. The lowest BCUT2D eigenvalue weighted by atomic mass is 9.78. The molecule has 2 aromatic carbocycles. The van der Waals surface area contributed by atoms with Crippen molar-refractivity contribution in [2.45, 2.75) is 51.0 Å². The monoisotopic (exact) mass is 422 g/mol. The van der Waals surface area contributed by atoms with Gasteiger partial charge < -0.3 is 20.1 Å². The highest BCUT2D eigenvalue weighted by molar-refractivity contribution is 5.97. The number of ether oxygens (including phenoxy) is 2. The van der Waals surface area contributed by atoms with E-state index in [4.69, 9.17) is 9.47 Å². The van der Waals surface area contributed by atoms with Gasteiger partial charge in [-0.05, 0) is 56.5 Å². The molecule has 0 spiro atoms. The Labute approximate surface area is 183 Å². The number of amides is 2. The number of hydrogen-bond donors (Lipinski definition) is 2. The first-order chi connectivity index (χ1) is 15.0. The predicted molar refractivity (Wildman–Crippen MR) is 119 cm³/mol. The summed E-state index contributed by atoms with van der Waals surface area (Å²) in [6.07, 6.45) is 4.28. The zero-order valence-corrected chi connectivity index (χ0v) is 18.2. The molecule has 1 heterocycles. The van der Waals surface area contributed by atoms with Gasteiger partial charge in [-0.3, -0.25) is 9.59 Å². The van der Waals surface area contributed by atoms with Gasteiger partial charge in [0.15, 0.2) is 11.5 Å². The fourth-order valence-corrected chi connectivity index (χ4v) is 4.53. The Morgan fingerprint density at radius 3 is 2.52 bits per heavy atom. The summed E-state index contributed by atoms with van der Waals surface area (Å²) in [6, 6.07) is 12.8. The van der Waals surface area contributed by atoms with E-state index in [0.29, 0.717) is 25.3 Å². The van der Waals surface area contributed by atoms with Crippen LogP contribution in [0.2, 0.25) is 0 Å². The zero-order valence-electron chi connectivity index (χ0n) is 18.2. The Kier molecular flexibility index (Phi) is 6.16. The Bertz CT molecular complexity index is 966. The largest absolute Gasteiger partial charge is 0.486 e. The molecule has 0 bridgehead atoms. The number of fused-ring (bicyclic) bond motifs is 1. The molecule has 2 aliphatic rings. The minimum atomic E-state index is -0.619. The van der Waals surface area contributed by atoms with Crippen molar-refractivity contribution in [1.29, 1.82) is 0 Å². The molecule has 0 saturated heterocycles. The van der Waals surface area contributed by atoms with Gasteiger partial charge >= 0.3 is 0 Å². The number of rotatable bonds is 6. The van der Waals surface area contributed by atoms with Crippen LogP contribution in [0, 0.1) is 6.92 Å². The lowest BCUT2D eigenvalue weighted by Crippen LogP contribution is -2.48. The minimum Gasteiger partial charge on any atom is -0.486 e. The van der Waals surface area contributed by atoms with E-state index in [-0.39, 0.29) is 17.2 Å². The van der Waals surface area contributed by atoms with Crippen LogP contribution in [-0.2, 0) is 10.2 Å². The van der Waals surface area contributed by atoms with Crippen molar-refractivity contribution >= 4 is 11.8 Å². The molecule has 2 aromatic rings. The summed E-state index contributed by atoms with van der Waals surface area (Å²) in [5.41, 5.74) is 2.62. The van der Waals surface area contributed by atoms with Crippen LogP contribution in [0.15, 0.2) is 42.5 Å². The van der Waals surface area contributed by atoms with Crippen molar-refractivity contribution in [2.24, 2.45) is 0 Å². The normalized spacial score (nSPS) is 17.6. The lowest BCUT2D eigenvalue weighted by molar-refractivity contribution is -0.122. The van der Waals surface area contributed by atoms with E-state index in [0.717, 1.165) is 42.7 Å². The molecule has 164 valence electrons. The van der Waals surface area contributed by atoms with Gasteiger partial charge in [0.2, 0.25) is 5.91 Å². The van der Waals surface area contributed by atoms with Crippen LogP contribution in [0.3, 0.4) is 0 Å². The van der Waals surface area contributed by atoms with Gasteiger partial charge in [-0.1, -0.05) is 36.6 Å². The molecule has 31 heavy (non-hydrogen) atoms. The fraction of sp³-hybridized carbons (Fsp3) is 0.440. The molecule has 4 rings (SSSR count). The SMILES string of the molecule is Cc1cccc(C(=O)NC(C)C(=O)NCC2(c3ccc4c(c3)OCCO4)CCCC2)c1. The summed E-state index contributed by atoms with van der Waals surface area (Å²) in [5, 5.41) is 5.89. The first kappa shape index (κ1) is 21.2. The molecule has 1 aliphatic heterocycles. The molecular weight excluding hydrogens is 392 g/mol. The molecule has 1 atom stereocenters. The fourth-order valence-electron chi connectivity index (χ4n) is 4.53. The Balaban J connectivity index is 1.41. The Hall–Kier alpha value is -3.02. The second-order valence-electron chi connectivity index (χ2n) is 8.63. The van der Waals surface area contributed by atoms with Crippen LogP contribution < -0.4 is 20.1 Å². The number of hydrogen-bond acceptors (Lipinski definition) is 4. The van der Waals surface area contributed by atoms with Gasteiger partial charge in [0.05, 0.1) is 0 Å². The number of carbonyl (C=O) groups excluding carboxylic acids is 2. The standard InChI is InChI=1S/C25H30N2O4/c1-17-6-5-7-19(14-17)24(29)27-18(2)23(28)26-16-25(10-3-4-11-25)20-8-9-21-22(15-20)31-13-12-30-21/h5-9,14-15,18H,3-4,10-13,16H2,1-2H3,(H,26,28)(H,27,29). The molecule has 2 amide bonds. The zero-order chi connectivity index (χ0) is 21.8. The van der Waals surface area contributed by atoms with Crippen molar-refractivity contribution in [3.05, 3.63) is 59.2 Å². The highest BCUT2D eigenvalue weighted by atomic mass is 16.6. The second kappa shape index (κ2) is 9.00. The Morgan fingerprint density at radius 2 is 1.77 bits per heavy atom. The van der Waals surface area contributed by atoms with Crippen molar-refractivity contribution in [1.82, 2.24) is 10.6 Å².